The molecule has 0 unspecified atom stereocenters. The largest absolute Gasteiger partial charge is 0.383 e. The number of thiophene rings is 1. The van der Waals surface area contributed by atoms with E-state index in [1.165, 1.54) is 28.5 Å². The molecule has 0 aliphatic heterocycles. The van der Waals surface area contributed by atoms with E-state index in [-0.39, 0.29) is 18.2 Å². The molecule has 0 aliphatic rings. The number of nitrogens with two attached hydrogens (primary N) is 1. The van der Waals surface area contributed by atoms with Gasteiger partial charge >= 0.3 is 0 Å². The van der Waals surface area contributed by atoms with Crippen LogP contribution in [0.4, 0.5) is 0 Å². The first kappa shape index (κ1) is 14.0. The molecule has 2 aromatic rings. The standard InChI is InChI=1S/C13H16N2S.ClH/c1-2-3-4-9-5-6-11-10(7-9)8-12(16-11)13(14)15;/h5-8H,2-4H2,1H3,(H3,14,15);1H. The number of benzene rings is 1. The summed E-state index contributed by atoms with van der Waals surface area (Å²) in [5.41, 5.74) is 6.87. The van der Waals surface area contributed by atoms with E-state index in [1.54, 1.807) is 11.3 Å². The number of hydrogen-bond donors (Lipinski definition) is 2. The van der Waals surface area contributed by atoms with E-state index in [0.717, 1.165) is 11.3 Å². The number of nitrogen functional groups attached to an aromatic ring is 1. The Morgan fingerprint density at radius 1 is 1.35 bits per heavy atom. The van der Waals surface area contributed by atoms with Crippen molar-refractivity contribution < 1.29 is 0 Å². The molecule has 92 valence electrons. The molecule has 0 aliphatic carbocycles. The first-order valence-corrected chi connectivity index (χ1v) is 6.39. The van der Waals surface area contributed by atoms with Crippen LogP contribution in [-0.4, -0.2) is 5.84 Å². The van der Waals surface area contributed by atoms with Gasteiger partial charge < -0.3 is 5.73 Å². The van der Waals surface area contributed by atoms with Crippen molar-refractivity contribution in [3.63, 3.8) is 0 Å². The molecule has 0 fully saturated rings. The summed E-state index contributed by atoms with van der Waals surface area (Å²) in [7, 11) is 0. The van der Waals surface area contributed by atoms with Gasteiger partial charge in [-0.15, -0.1) is 23.7 Å². The number of aryl methyl sites for hydroxylation is 1. The maximum atomic E-state index is 7.42. The Balaban J connectivity index is 0.00000144. The minimum absolute atomic E-state index is 0. The zero-order valence-electron chi connectivity index (χ0n) is 9.82. The molecule has 1 aromatic heterocycles. The van der Waals surface area contributed by atoms with Gasteiger partial charge in [-0.2, -0.15) is 0 Å². The second-order valence-electron chi connectivity index (χ2n) is 4.00. The quantitative estimate of drug-likeness (QED) is 0.640. The molecule has 1 heterocycles. The first-order valence-electron chi connectivity index (χ1n) is 5.57. The minimum atomic E-state index is 0. The van der Waals surface area contributed by atoms with Crippen molar-refractivity contribution in [3.8, 4) is 0 Å². The summed E-state index contributed by atoms with van der Waals surface area (Å²) in [6, 6.07) is 8.54. The van der Waals surface area contributed by atoms with Gasteiger partial charge in [0.05, 0.1) is 4.88 Å². The summed E-state index contributed by atoms with van der Waals surface area (Å²) in [5.74, 6) is 0.163. The molecule has 2 rings (SSSR count). The van der Waals surface area contributed by atoms with Crippen LogP contribution in [-0.2, 0) is 6.42 Å². The average Bonchev–Trinajstić information content (AvgIpc) is 2.69. The summed E-state index contributed by atoms with van der Waals surface area (Å²) in [6.07, 6.45) is 3.59. The van der Waals surface area contributed by atoms with E-state index in [1.807, 2.05) is 6.07 Å². The predicted octanol–water partition coefficient (Wildman–Crippen LogP) is 3.95. The van der Waals surface area contributed by atoms with Gasteiger partial charge in [0.25, 0.3) is 0 Å². The van der Waals surface area contributed by atoms with E-state index in [9.17, 15) is 0 Å². The van der Waals surface area contributed by atoms with Gasteiger partial charge in [-0.3, -0.25) is 5.41 Å². The minimum Gasteiger partial charge on any atom is -0.383 e. The topological polar surface area (TPSA) is 49.9 Å². The highest BCUT2D eigenvalue weighted by Crippen LogP contribution is 2.26. The molecule has 1 aromatic carbocycles. The lowest BCUT2D eigenvalue weighted by Gasteiger charge is -1.99. The SMILES string of the molecule is CCCCc1ccc2sc(C(=N)N)cc2c1.Cl. The Kier molecular flexibility index (Phi) is 4.97. The molecule has 17 heavy (non-hydrogen) atoms. The summed E-state index contributed by atoms with van der Waals surface area (Å²) in [4.78, 5) is 0.864. The molecule has 0 radical (unpaired) electrons. The molecule has 0 saturated heterocycles. The Labute approximate surface area is 112 Å². The number of rotatable bonds is 4. The molecule has 0 amide bonds. The van der Waals surface area contributed by atoms with Crippen LogP contribution in [0, 0.1) is 5.41 Å². The zero-order chi connectivity index (χ0) is 11.5. The van der Waals surface area contributed by atoms with Crippen molar-refractivity contribution in [2.75, 3.05) is 0 Å². The third-order valence-electron chi connectivity index (χ3n) is 2.67. The van der Waals surface area contributed by atoms with Gasteiger partial charge in [0, 0.05) is 4.70 Å². The lowest BCUT2D eigenvalue weighted by atomic mass is 10.1. The second kappa shape index (κ2) is 6.03. The highest BCUT2D eigenvalue weighted by Gasteiger charge is 2.04. The van der Waals surface area contributed by atoms with E-state index >= 15 is 0 Å². The average molecular weight is 269 g/mol. The van der Waals surface area contributed by atoms with Crippen LogP contribution in [0.15, 0.2) is 24.3 Å². The fraction of sp³-hybridized carbons (Fsp3) is 0.308. The van der Waals surface area contributed by atoms with Crippen LogP contribution in [0.5, 0.6) is 0 Å². The van der Waals surface area contributed by atoms with Crippen LogP contribution in [0.1, 0.15) is 30.2 Å². The number of nitrogens with one attached hydrogen (secondary N) is 1. The normalized spacial score (nSPS) is 10.2. The van der Waals surface area contributed by atoms with Crippen LogP contribution in [0.25, 0.3) is 10.1 Å². The van der Waals surface area contributed by atoms with Crippen LogP contribution in [0.3, 0.4) is 0 Å². The zero-order valence-corrected chi connectivity index (χ0v) is 11.5. The highest BCUT2D eigenvalue weighted by molar-refractivity contribution is 7.20. The molecule has 0 bridgehead atoms. The Hall–Kier alpha value is -1.06. The van der Waals surface area contributed by atoms with Crippen molar-refractivity contribution in [1.82, 2.24) is 0 Å². The first-order chi connectivity index (χ1) is 7.70. The van der Waals surface area contributed by atoms with E-state index in [0.29, 0.717) is 0 Å². The monoisotopic (exact) mass is 268 g/mol. The number of hydrogen-bond acceptors (Lipinski definition) is 2. The maximum absolute atomic E-state index is 7.42. The van der Waals surface area contributed by atoms with Gasteiger partial charge in [0.2, 0.25) is 0 Å². The Morgan fingerprint density at radius 2 is 2.12 bits per heavy atom. The lowest BCUT2D eigenvalue weighted by Crippen LogP contribution is -2.08. The van der Waals surface area contributed by atoms with Crippen LogP contribution in [0.2, 0.25) is 0 Å². The summed E-state index contributed by atoms with van der Waals surface area (Å²) in [5, 5.41) is 8.63. The Morgan fingerprint density at radius 3 is 2.76 bits per heavy atom. The molecule has 0 atom stereocenters. The number of amidine groups is 1. The molecular formula is C13H17ClN2S. The Bertz CT molecular complexity index is 519. The smallest absolute Gasteiger partial charge is 0.133 e. The predicted molar refractivity (Wildman–Crippen MR) is 78.7 cm³/mol. The third kappa shape index (κ3) is 3.20. The second-order valence-corrected chi connectivity index (χ2v) is 5.08. The number of halogens is 1. The molecule has 4 heteroatoms. The van der Waals surface area contributed by atoms with Crippen LogP contribution < -0.4 is 5.73 Å². The number of fused-ring (bicyclic) bond motifs is 1. The summed E-state index contributed by atoms with van der Waals surface area (Å²) in [6.45, 7) is 2.21. The molecule has 0 spiro atoms. The highest BCUT2D eigenvalue weighted by atomic mass is 35.5. The van der Waals surface area contributed by atoms with Gasteiger partial charge in [-0.25, -0.2) is 0 Å². The fourth-order valence-electron chi connectivity index (χ4n) is 1.76. The molecule has 0 saturated carbocycles. The van der Waals surface area contributed by atoms with Crippen LogP contribution >= 0.6 is 23.7 Å². The number of unbranched alkanes of at least 4 members (excludes halogenated alkanes) is 1. The van der Waals surface area contributed by atoms with Crippen molar-refractivity contribution >= 4 is 39.7 Å². The van der Waals surface area contributed by atoms with Gasteiger partial charge in [0.1, 0.15) is 5.84 Å². The van der Waals surface area contributed by atoms with Crippen molar-refractivity contribution in [2.45, 2.75) is 26.2 Å². The van der Waals surface area contributed by atoms with Crippen molar-refractivity contribution in [3.05, 3.63) is 34.7 Å². The maximum Gasteiger partial charge on any atom is 0.133 e. The van der Waals surface area contributed by atoms with Gasteiger partial charge in [0.15, 0.2) is 0 Å². The molecule has 3 N–H and O–H groups in total. The van der Waals surface area contributed by atoms with Gasteiger partial charge in [-0.1, -0.05) is 25.5 Å². The van der Waals surface area contributed by atoms with Gasteiger partial charge in [-0.05, 0) is 35.9 Å². The molecular weight excluding hydrogens is 252 g/mol. The molecule has 2 nitrogen and oxygen atoms in total. The van der Waals surface area contributed by atoms with Crippen molar-refractivity contribution in [1.29, 1.82) is 5.41 Å². The van der Waals surface area contributed by atoms with E-state index in [4.69, 9.17) is 11.1 Å². The third-order valence-corrected chi connectivity index (χ3v) is 3.81. The van der Waals surface area contributed by atoms with Crippen molar-refractivity contribution in [2.24, 2.45) is 5.73 Å². The summed E-state index contributed by atoms with van der Waals surface area (Å²) >= 11 is 1.59. The van der Waals surface area contributed by atoms with E-state index < -0.39 is 0 Å². The lowest BCUT2D eigenvalue weighted by molar-refractivity contribution is 0.796. The fourth-order valence-corrected chi connectivity index (χ4v) is 2.67. The van der Waals surface area contributed by atoms with E-state index in [2.05, 4.69) is 25.1 Å². The summed E-state index contributed by atoms with van der Waals surface area (Å²) < 4.78 is 1.21.